The third-order valence-corrected chi connectivity index (χ3v) is 6.13. The van der Waals surface area contributed by atoms with Gasteiger partial charge in [0.1, 0.15) is 16.8 Å². The topological polar surface area (TPSA) is 125 Å². The lowest BCUT2D eigenvalue weighted by Gasteiger charge is -2.31. The summed E-state index contributed by atoms with van der Waals surface area (Å²) in [7, 11) is 0. The molecular weight excluding hydrogens is 446 g/mol. The molecule has 9 nitrogen and oxygen atoms in total. The molecule has 0 spiro atoms. The molecule has 2 aliphatic rings. The van der Waals surface area contributed by atoms with Gasteiger partial charge in [0.15, 0.2) is 0 Å². The number of alkyl carbamates (subject to hydrolysis) is 1. The highest BCUT2D eigenvalue weighted by molar-refractivity contribution is 6.35. The number of aromatic amines is 1. The first-order valence-electron chi connectivity index (χ1n) is 11.1. The number of carbonyl (C=O) groups is 3. The number of ether oxygens (including phenoxy) is 1. The normalized spacial score (nSPS) is 17.3. The minimum absolute atomic E-state index is 0.000197. The molecule has 2 aromatic rings. The molecule has 3 amide bonds. The first-order chi connectivity index (χ1) is 15.6. The number of halogens is 1. The summed E-state index contributed by atoms with van der Waals surface area (Å²) in [6.07, 6.45) is 5.66. The van der Waals surface area contributed by atoms with Gasteiger partial charge in [-0.05, 0) is 51.7 Å². The summed E-state index contributed by atoms with van der Waals surface area (Å²) < 4.78 is 5.39. The number of amides is 3. The van der Waals surface area contributed by atoms with Gasteiger partial charge in [0.2, 0.25) is 5.91 Å². The second kappa shape index (κ2) is 9.05. The summed E-state index contributed by atoms with van der Waals surface area (Å²) >= 11 is 6.28. The van der Waals surface area contributed by atoms with Crippen LogP contribution < -0.4 is 16.1 Å². The number of rotatable bonds is 4. The largest absolute Gasteiger partial charge is 0.444 e. The first-order valence-corrected chi connectivity index (χ1v) is 11.5. The maximum absolute atomic E-state index is 13.3. The van der Waals surface area contributed by atoms with Crippen molar-refractivity contribution < 1.29 is 19.1 Å². The zero-order valence-corrected chi connectivity index (χ0v) is 19.6. The molecule has 1 aliphatic heterocycles. The Kier molecular flexibility index (Phi) is 6.34. The zero-order valence-electron chi connectivity index (χ0n) is 18.9. The van der Waals surface area contributed by atoms with Crippen molar-refractivity contribution in [1.29, 1.82) is 0 Å². The molecule has 10 heteroatoms. The van der Waals surface area contributed by atoms with Crippen LogP contribution in [0.15, 0.2) is 17.2 Å². The highest BCUT2D eigenvalue weighted by atomic mass is 35.5. The SMILES string of the molecule is CC(C)(C)OC(=O)NC(C(=O)Nc1cc2c3c(c(Cl)[nH]c3c1)C=NNC2=O)C1CCCCC1. The van der Waals surface area contributed by atoms with Crippen molar-refractivity contribution in [2.24, 2.45) is 11.0 Å². The van der Waals surface area contributed by atoms with E-state index in [0.29, 0.717) is 32.9 Å². The van der Waals surface area contributed by atoms with Crippen LogP contribution in [0.4, 0.5) is 10.5 Å². The Balaban J connectivity index is 1.61. The first kappa shape index (κ1) is 23.1. The average molecular weight is 474 g/mol. The lowest BCUT2D eigenvalue weighted by atomic mass is 9.83. The van der Waals surface area contributed by atoms with Crippen molar-refractivity contribution in [3.05, 3.63) is 28.4 Å². The number of nitrogens with one attached hydrogen (secondary N) is 4. The van der Waals surface area contributed by atoms with Gasteiger partial charge in [-0.2, -0.15) is 5.10 Å². The molecule has 0 saturated heterocycles. The fraction of sp³-hybridized carbons (Fsp3) is 0.478. The number of aromatic nitrogens is 1. The van der Waals surface area contributed by atoms with Gasteiger partial charge >= 0.3 is 6.09 Å². The van der Waals surface area contributed by atoms with Crippen LogP contribution in [0.5, 0.6) is 0 Å². The van der Waals surface area contributed by atoms with E-state index >= 15 is 0 Å². The van der Waals surface area contributed by atoms with E-state index in [9.17, 15) is 14.4 Å². The van der Waals surface area contributed by atoms with Gasteiger partial charge in [0.25, 0.3) is 5.91 Å². The van der Waals surface area contributed by atoms with Crippen LogP contribution in [-0.2, 0) is 9.53 Å². The Labute approximate surface area is 196 Å². The fourth-order valence-electron chi connectivity index (χ4n) is 4.43. The summed E-state index contributed by atoms with van der Waals surface area (Å²) in [6, 6.07) is 2.54. The molecule has 1 unspecified atom stereocenters. The van der Waals surface area contributed by atoms with Crippen molar-refractivity contribution in [3.63, 3.8) is 0 Å². The Morgan fingerprint density at radius 1 is 1.21 bits per heavy atom. The summed E-state index contributed by atoms with van der Waals surface area (Å²) in [4.78, 5) is 41.4. The van der Waals surface area contributed by atoms with Gasteiger partial charge in [-0.25, -0.2) is 10.2 Å². The molecule has 4 rings (SSSR count). The van der Waals surface area contributed by atoms with Crippen molar-refractivity contribution in [3.8, 4) is 0 Å². The van der Waals surface area contributed by atoms with Gasteiger partial charge in [-0.3, -0.25) is 9.59 Å². The summed E-state index contributed by atoms with van der Waals surface area (Å²) in [6.45, 7) is 5.32. The fourth-order valence-corrected chi connectivity index (χ4v) is 4.68. The second-order valence-electron chi connectivity index (χ2n) is 9.51. The Hall–Kier alpha value is -3.07. The molecule has 1 aliphatic carbocycles. The molecular formula is C23H28ClN5O4. The minimum Gasteiger partial charge on any atom is -0.444 e. The highest BCUT2D eigenvalue weighted by Crippen LogP contribution is 2.33. The average Bonchev–Trinajstić information content (AvgIpc) is 2.94. The van der Waals surface area contributed by atoms with E-state index in [1.54, 1.807) is 32.9 Å². The van der Waals surface area contributed by atoms with E-state index in [1.807, 2.05) is 0 Å². The van der Waals surface area contributed by atoms with Crippen LogP contribution >= 0.6 is 11.6 Å². The van der Waals surface area contributed by atoms with E-state index in [4.69, 9.17) is 16.3 Å². The lowest BCUT2D eigenvalue weighted by Crippen LogP contribution is -2.50. The van der Waals surface area contributed by atoms with Crippen LogP contribution in [0.25, 0.3) is 10.9 Å². The van der Waals surface area contributed by atoms with Crippen LogP contribution in [-0.4, -0.2) is 40.7 Å². The van der Waals surface area contributed by atoms with Crippen LogP contribution in [0.1, 0.15) is 68.8 Å². The lowest BCUT2D eigenvalue weighted by molar-refractivity contribution is -0.119. The highest BCUT2D eigenvalue weighted by Gasteiger charge is 2.33. The van der Waals surface area contributed by atoms with Crippen molar-refractivity contribution in [2.75, 3.05) is 5.32 Å². The van der Waals surface area contributed by atoms with E-state index in [2.05, 4.69) is 26.1 Å². The van der Waals surface area contributed by atoms with Gasteiger partial charge < -0.3 is 20.4 Å². The van der Waals surface area contributed by atoms with Crippen LogP contribution in [0.3, 0.4) is 0 Å². The molecule has 1 aromatic carbocycles. The van der Waals surface area contributed by atoms with E-state index in [-0.39, 0.29) is 11.8 Å². The van der Waals surface area contributed by atoms with Gasteiger partial charge in [-0.1, -0.05) is 30.9 Å². The predicted molar refractivity (Wildman–Crippen MR) is 127 cm³/mol. The molecule has 1 aromatic heterocycles. The Bertz CT molecular complexity index is 1130. The molecule has 4 N–H and O–H groups in total. The number of carbonyl (C=O) groups excluding carboxylic acids is 3. The Morgan fingerprint density at radius 2 is 1.94 bits per heavy atom. The number of hydrogen-bond acceptors (Lipinski definition) is 5. The summed E-state index contributed by atoms with van der Waals surface area (Å²) in [5.74, 6) is -0.764. The standard InChI is InChI=1S/C23H28ClN5O4/c1-23(2,3)33-22(32)28-18(12-7-5-4-6-8-12)21(31)26-13-9-14-17-15(11-25-29-20(14)30)19(24)27-16(17)10-13/h9-12,18,27H,4-8H2,1-3H3,(H,26,31)(H,28,32)(H,29,30). The molecule has 33 heavy (non-hydrogen) atoms. The van der Waals surface area contributed by atoms with Crippen LogP contribution in [0.2, 0.25) is 5.15 Å². The third kappa shape index (κ3) is 5.13. The maximum atomic E-state index is 13.3. The zero-order chi connectivity index (χ0) is 23.8. The van der Waals surface area contributed by atoms with Gasteiger partial charge in [0, 0.05) is 16.6 Å². The van der Waals surface area contributed by atoms with Crippen LogP contribution in [0, 0.1) is 5.92 Å². The van der Waals surface area contributed by atoms with E-state index < -0.39 is 23.6 Å². The van der Waals surface area contributed by atoms with Crippen molar-refractivity contribution in [1.82, 2.24) is 15.7 Å². The number of hydrogen-bond donors (Lipinski definition) is 4. The molecule has 1 saturated carbocycles. The monoisotopic (exact) mass is 473 g/mol. The predicted octanol–water partition coefficient (Wildman–Crippen LogP) is 4.31. The summed E-state index contributed by atoms with van der Waals surface area (Å²) in [5.41, 5.74) is 3.72. The molecule has 176 valence electrons. The number of H-pyrrole nitrogens is 1. The van der Waals surface area contributed by atoms with E-state index in [1.165, 1.54) is 6.21 Å². The van der Waals surface area contributed by atoms with Crippen molar-refractivity contribution >= 4 is 52.3 Å². The smallest absolute Gasteiger partial charge is 0.408 e. The number of benzene rings is 1. The molecule has 0 radical (unpaired) electrons. The van der Waals surface area contributed by atoms with Crippen molar-refractivity contribution in [2.45, 2.75) is 64.5 Å². The van der Waals surface area contributed by atoms with Gasteiger partial charge in [0.05, 0.1) is 17.3 Å². The number of nitrogens with zero attached hydrogens (tertiary/aromatic N) is 1. The third-order valence-electron chi connectivity index (χ3n) is 5.84. The van der Waals surface area contributed by atoms with Gasteiger partial charge in [-0.15, -0.1) is 0 Å². The number of anilines is 1. The van der Waals surface area contributed by atoms with E-state index in [0.717, 1.165) is 32.1 Å². The maximum Gasteiger partial charge on any atom is 0.408 e. The molecule has 2 heterocycles. The molecule has 0 bridgehead atoms. The second-order valence-corrected chi connectivity index (χ2v) is 9.89. The minimum atomic E-state index is -0.755. The molecule has 1 fully saturated rings. The Morgan fingerprint density at radius 3 is 2.64 bits per heavy atom. The molecule has 1 atom stereocenters. The number of hydrazone groups is 1. The quantitative estimate of drug-likeness (QED) is 0.528. The summed E-state index contributed by atoms with van der Waals surface area (Å²) in [5, 5.41) is 10.5.